The maximum atomic E-state index is 13.3. The molecule has 1 atom stereocenters. The minimum absolute atomic E-state index is 0.132. The van der Waals surface area contributed by atoms with Gasteiger partial charge in [0.15, 0.2) is 0 Å². The summed E-state index contributed by atoms with van der Waals surface area (Å²) in [6, 6.07) is 20.7. The maximum absolute atomic E-state index is 13.3. The number of Topliss-reactive ketones (excluding diaryl/α,β-unsaturated/α-hetero) is 1. The number of carbonyl (C=O) groups excluding carboxylic acids is 2. The zero-order valence-corrected chi connectivity index (χ0v) is 18.8. The fraction of sp³-hybridized carbons (Fsp3) is 0.214. The first-order valence-electron chi connectivity index (χ1n) is 11.4. The number of H-pyrrole nitrogens is 1. The molecule has 2 N–H and O–H groups in total. The summed E-state index contributed by atoms with van der Waals surface area (Å²) in [4.78, 5) is 31.4. The van der Waals surface area contributed by atoms with Crippen molar-refractivity contribution >= 4 is 39.1 Å². The maximum Gasteiger partial charge on any atom is 0.295 e. The first kappa shape index (κ1) is 21.0. The van der Waals surface area contributed by atoms with Crippen molar-refractivity contribution in [2.45, 2.75) is 32.7 Å². The largest absolute Gasteiger partial charge is 0.507 e. The summed E-state index contributed by atoms with van der Waals surface area (Å²) in [5.41, 5.74) is 3.37. The zero-order valence-electron chi connectivity index (χ0n) is 18.8. The number of aromatic nitrogens is 1. The summed E-state index contributed by atoms with van der Waals surface area (Å²) in [7, 11) is 0. The van der Waals surface area contributed by atoms with Crippen LogP contribution in [0.3, 0.4) is 0 Å². The monoisotopic (exact) mass is 438 g/mol. The number of hydrogen-bond acceptors (Lipinski definition) is 3. The molecule has 5 heteroatoms. The minimum Gasteiger partial charge on any atom is -0.507 e. The number of aliphatic hydroxyl groups excluding tert-OH is 1. The van der Waals surface area contributed by atoms with Crippen LogP contribution >= 0.6 is 0 Å². The SMILES string of the molecule is CCCCN1C(=O)C(=O)/C(=C(/O)c2ccc3ccccc3c2)C1c1c(C)[nH]c2ccccc12. The predicted molar refractivity (Wildman–Crippen MR) is 131 cm³/mol. The van der Waals surface area contributed by atoms with Gasteiger partial charge in [0, 0.05) is 34.3 Å². The Hall–Kier alpha value is -3.86. The first-order valence-corrected chi connectivity index (χ1v) is 11.4. The number of nitrogens with zero attached hydrogens (tertiary/aromatic N) is 1. The Balaban J connectivity index is 1.74. The standard InChI is InChI=1S/C28H26N2O3/c1-3-4-15-30-25(23-17(2)29-22-12-8-7-11-21(22)23)24(27(32)28(30)33)26(31)20-14-13-18-9-5-6-10-19(18)16-20/h5-14,16,25,29,31H,3-4,15H2,1-2H3/b26-24+. The van der Waals surface area contributed by atoms with Crippen LogP contribution < -0.4 is 0 Å². The summed E-state index contributed by atoms with van der Waals surface area (Å²) < 4.78 is 0. The highest BCUT2D eigenvalue weighted by molar-refractivity contribution is 6.46. The highest BCUT2D eigenvalue weighted by Crippen LogP contribution is 2.43. The van der Waals surface area contributed by atoms with Crippen LogP contribution in [0, 0.1) is 6.92 Å². The Kier molecular flexibility index (Phi) is 5.25. The van der Waals surface area contributed by atoms with E-state index in [9.17, 15) is 14.7 Å². The summed E-state index contributed by atoms with van der Waals surface area (Å²) >= 11 is 0. The van der Waals surface area contributed by atoms with Gasteiger partial charge in [0.2, 0.25) is 0 Å². The highest BCUT2D eigenvalue weighted by Gasteiger charge is 2.47. The Morgan fingerprint density at radius 2 is 1.73 bits per heavy atom. The smallest absolute Gasteiger partial charge is 0.295 e. The second-order valence-electron chi connectivity index (χ2n) is 8.62. The molecule has 5 nitrogen and oxygen atoms in total. The lowest BCUT2D eigenvalue weighted by molar-refractivity contribution is -0.139. The van der Waals surface area contributed by atoms with E-state index in [-0.39, 0.29) is 11.3 Å². The number of para-hydroxylation sites is 1. The van der Waals surface area contributed by atoms with Crippen molar-refractivity contribution in [1.29, 1.82) is 0 Å². The Morgan fingerprint density at radius 1 is 1.00 bits per heavy atom. The molecule has 4 aromatic rings. The third-order valence-electron chi connectivity index (χ3n) is 6.53. The van der Waals surface area contributed by atoms with Gasteiger partial charge in [-0.15, -0.1) is 0 Å². The number of unbranched alkanes of at least 4 members (excludes halogenated alkanes) is 1. The van der Waals surface area contributed by atoms with E-state index in [4.69, 9.17) is 0 Å². The van der Waals surface area contributed by atoms with E-state index in [1.807, 2.05) is 67.6 Å². The second-order valence-corrected chi connectivity index (χ2v) is 8.62. The number of ketones is 1. The number of aryl methyl sites for hydroxylation is 1. The molecule has 1 aromatic heterocycles. The van der Waals surface area contributed by atoms with Gasteiger partial charge in [0.1, 0.15) is 5.76 Å². The average molecular weight is 439 g/mol. The van der Waals surface area contributed by atoms with Gasteiger partial charge in [-0.3, -0.25) is 9.59 Å². The number of aliphatic hydroxyl groups is 1. The Bertz CT molecular complexity index is 1430. The van der Waals surface area contributed by atoms with Crippen LogP contribution in [-0.2, 0) is 9.59 Å². The Labute approximate surface area is 192 Å². The number of hydrogen-bond donors (Lipinski definition) is 2. The van der Waals surface area contributed by atoms with Gasteiger partial charge in [0.05, 0.1) is 11.6 Å². The molecule has 33 heavy (non-hydrogen) atoms. The zero-order chi connectivity index (χ0) is 23.1. The van der Waals surface area contributed by atoms with Crippen LogP contribution in [-0.4, -0.2) is 33.2 Å². The molecule has 3 aromatic carbocycles. The molecule has 1 saturated heterocycles. The molecule has 1 unspecified atom stereocenters. The average Bonchev–Trinajstić information content (AvgIpc) is 3.29. The van der Waals surface area contributed by atoms with Crippen LogP contribution in [0.5, 0.6) is 0 Å². The third kappa shape index (κ3) is 3.41. The van der Waals surface area contributed by atoms with Crippen molar-refractivity contribution in [1.82, 2.24) is 9.88 Å². The number of benzene rings is 3. The number of nitrogens with one attached hydrogen (secondary N) is 1. The molecular formula is C28H26N2O3. The molecule has 2 heterocycles. The number of fused-ring (bicyclic) bond motifs is 2. The Morgan fingerprint density at radius 3 is 2.52 bits per heavy atom. The predicted octanol–water partition coefficient (Wildman–Crippen LogP) is 5.85. The lowest BCUT2D eigenvalue weighted by Crippen LogP contribution is -2.30. The van der Waals surface area contributed by atoms with E-state index in [1.54, 1.807) is 11.0 Å². The van der Waals surface area contributed by atoms with E-state index in [2.05, 4.69) is 11.9 Å². The summed E-state index contributed by atoms with van der Waals surface area (Å²) in [6.45, 7) is 4.46. The molecule has 0 spiro atoms. The summed E-state index contributed by atoms with van der Waals surface area (Å²) in [6.07, 6.45) is 1.67. The first-order chi connectivity index (χ1) is 16.0. The minimum atomic E-state index is -0.640. The van der Waals surface area contributed by atoms with E-state index >= 15 is 0 Å². The van der Waals surface area contributed by atoms with Crippen LogP contribution in [0.25, 0.3) is 27.4 Å². The van der Waals surface area contributed by atoms with Gasteiger partial charge in [0.25, 0.3) is 11.7 Å². The van der Waals surface area contributed by atoms with Crippen molar-refractivity contribution in [2.24, 2.45) is 0 Å². The molecule has 166 valence electrons. The van der Waals surface area contributed by atoms with Gasteiger partial charge in [-0.1, -0.05) is 67.9 Å². The summed E-state index contributed by atoms with van der Waals surface area (Å²) in [5, 5.41) is 14.4. The number of rotatable bonds is 5. The topological polar surface area (TPSA) is 73.4 Å². The molecule has 1 fully saturated rings. The van der Waals surface area contributed by atoms with Crippen molar-refractivity contribution < 1.29 is 14.7 Å². The molecule has 1 aliphatic heterocycles. The van der Waals surface area contributed by atoms with Crippen LogP contribution in [0.4, 0.5) is 0 Å². The van der Waals surface area contributed by atoms with Crippen molar-refractivity contribution in [2.75, 3.05) is 6.54 Å². The fourth-order valence-electron chi connectivity index (χ4n) is 4.88. The molecule has 1 amide bonds. The van der Waals surface area contributed by atoms with Crippen LogP contribution in [0.15, 0.2) is 72.3 Å². The van der Waals surface area contributed by atoms with Crippen molar-refractivity contribution in [3.05, 3.63) is 89.1 Å². The van der Waals surface area contributed by atoms with Crippen molar-refractivity contribution in [3.8, 4) is 0 Å². The van der Waals surface area contributed by atoms with Gasteiger partial charge >= 0.3 is 0 Å². The number of amides is 1. The molecule has 0 saturated carbocycles. The van der Waals surface area contributed by atoms with Gasteiger partial charge in [-0.05, 0) is 36.2 Å². The number of carbonyl (C=O) groups is 2. The van der Waals surface area contributed by atoms with Crippen LogP contribution in [0.2, 0.25) is 0 Å². The lowest BCUT2D eigenvalue weighted by Gasteiger charge is -2.25. The highest BCUT2D eigenvalue weighted by atomic mass is 16.3. The summed E-state index contributed by atoms with van der Waals surface area (Å²) in [5.74, 6) is -1.32. The van der Waals surface area contributed by atoms with E-state index < -0.39 is 17.7 Å². The lowest BCUT2D eigenvalue weighted by atomic mass is 9.92. The van der Waals surface area contributed by atoms with Gasteiger partial charge < -0.3 is 15.0 Å². The molecule has 1 aliphatic rings. The second kappa shape index (κ2) is 8.24. The number of aromatic amines is 1. The van der Waals surface area contributed by atoms with Gasteiger partial charge in [-0.2, -0.15) is 0 Å². The quantitative estimate of drug-likeness (QED) is 0.233. The van der Waals surface area contributed by atoms with E-state index in [1.165, 1.54) is 0 Å². The van der Waals surface area contributed by atoms with Gasteiger partial charge in [-0.25, -0.2) is 0 Å². The van der Waals surface area contributed by atoms with E-state index in [0.717, 1.165) is 45.8 Å². The fourth-order valence-corrected chi connectivity index (χ4v) is 4.88. The molecule has 5 rings (SSSR count). The van der Waals surface area contributed by atoms with Crippen molar-refractivity contribution in [3.63, 3.8) is 0 Å². The molecule has 0 radical (unpaired) electrons. The molecular weight excluding hydrogens is 412 g/mol. The molecule has 0 aliphatic carbocycles. The molecule has 0 bridgehead atoms. The number of likely N-dealkylation sites (tertiary alicyclic amines) is 1. The van der Waals surface area contributed by atoms with E-state index in [0.29, 0.717) is 12.1 Å². The normalized spacial score (nSPS) is 18.0. The third-order valence-corrected chi connectivity index (χ3v) is 6.53. The van der Waals surface area contributed by atoms with Crippen LogP contribution in [0.1, 0.15) is 42.6 Å².